The van der Waals surface area contributed by atoms with Crippen molar-refractivity contribution in [2.45, 2.75) is 13.3 Å². The van der Waals surface area contributed by atoms with Crippen molar-refractivity contribution in [2.24, 2.45) is 5.92 Å². The predicted molar refractivity (Wildman–Crippen MR) is 132 cm³/mol. The normalized spacial score (nSPS) is 15.1. The number of Topliss-reactive ketones (excluding diaryl/α,β-unsaturated/α-hetero) is 1. The van der Waals surface area contributed by atoms with Gasteiger partial charge >= 0.3 is 11.9 Å². The summed E-state index contributed by atoms with van der Waals surface area (Å²) < 4.78 is 11.4. The number of hydrogen-bond donors (Lipinski definition) is 0. The monoisotopic (exact) mass is 535 g/mol. The molecule has 8 heteroatoms. The van der Waals surface area contributed by atoms with Crippen molar-refractivity contribution >= 4 is 45.2 Å². The summed E-state index contributed by atoms with van der Waals surface area (Å²) in [6.45, 7) is 1.69. The SMILES string of the molecule is Cc1ccc(C(=O)Oc2ccc(C(=O)COC(=O)[C@@H]3CC(=O)N(c4ccc(Br)cc4)C3)cc2)cc1. The molecule has 1 fully saturated rings. The number of carbonyl (C=O) groups is 4. The van der Waals surface area contributed by atoms with Gasteiger partial charge in [0, 0.05) is 28.7 Å². The first-order valence-electron chi connectivity index (χ1n) is 10.9. The van der Waals surface area contributed by atoms with E-state index in [0.29, 0.717) is 22.6 Å². The van der Waals surface area contributed by atoms with Crippen LogP contribution < -0.4 is 9.64 Å². The highest BCUT2D eigenvalue weighted by Crippen LogP contribution is 2.27. The van der Waals surface area contributed by atoms with Gasteiger partial charge in [0.05, 0.1) is 11.5 Å². The van der Waals surface area contributed by atoms with Crippen LogP contribution in [0.2, 0.25) is 0 Å². The molecule has 1 atom stereocenters. The Hall–Kier alpha value is -3.78. The number of hydrogen-bond acceptors (Lipinski definition) is 6. The quantitative estimate of drug-likeness (QED) is 0.246. The molecule has 7 nitrogen and oxygen atoms in total. The van der Waals surface area contributed by atoms with Gasteiger partial charge in [0.1, 0.15) is 5.75 Å². The van der Waals surface area contributed by atoms with E-state index in [2.05, 4.69) is 15.9 Å². The molecular weight excluding hydrogens is 514 g/mol. The molecule has 1 aliphatic rings. The molecule has 4 rings (SSSR count). The van der Waals surface area contributed by atoms with Gasteiger partial charge in [-0.15, -0.1) is 0 Å². The van der Waals surface area contributed by atoms with Crippen LogP contribution in [0.15, 0.2) is 77.3 Å². The molecule has 0 spiro atoms. The fraction of sp³-hybridized carbons (Fsp3) is 0.185. The highest BCUT2D eigenvalue weighted by molar-refractivity contribution is 9.10. The molecule has 0 saturated carbocycles. The highest BCUT2D eigenvalue weighted by Gasteiger charge is 2.36. The number of ketones is 1. The Morgan fingerprint density at radius 1 is 0.914 bits per heavy atom. The van der Waals surface area contributed by atoms with Crippen LogP contribution in [-0.2, 0) is 14.3 Å². The van der Waals surface area contributed by atoms with Crippen LogP contribution >= 0.6 is 15.9 Å². The number of rotatable bonds is 7. The number of benzene rings is 3. The zero-order valence-electron chi connectivity index (χ0n) is 18.9. The first-order valence-corrected chi connectivity index (χ1v) is 11.7. The van der Waals surface area contributed by atoms with Crippen molar-refractivity contribution in [3.63, 3.8) is 0 Å². The van der Waals surface area contributed by atoms with E-state index in [-0.39, 0.29) is 18.9 Å². The third-order valence-electron chi connectivity index (χ3n) is 5.62. The Bertz CT molecular complexity index is 1250. The number of anilines is 1. The van der Waals surface area contributed by atoms with Crippen molar-refractivity contribution in [3.8, 4) is 5.75 Å². The van der Waals surface area contributed by atoms with E-state index >= 15 is 0 Å². The minimum absolute atomic E-state index is 0.0319. The van der Waals surface area contributed by atoms with Crippen molar-refractivity contribution < 1.29 is 28.7 Å². The van der Waals surface area contributed by atoms with Gasteiger partial charge in [0.15, 0.2) is 12.4 Å². The van der Waals surface area contributed by atoms with Gasteiger partial charge in [-0.05, 0) is 67.6 Å². The van der Waals surface area contributed by atoms with Crippen LogP contribution in [0.1, 0.15) is 32.7 Å². The summed E-state index contributed by atoms with van der Waals surface area (Å²) in [6, 6.07) is 20.2. The van der Waals surface area contributed by atoms with E-state index in [9.17, 15) is 19.2 Å². The first kappa shape index (κ1) is 24.3. The number of nitrogens with zero attached hydrogens (tertiary/aromatic N) is 1. The predicted octanol–water partition coefficient (Wildman–Crippen LogP) is 4.76. The number of ether oxygens (including phenoxy) is 2. The fourth-order valence-corrected chi connectivity index (χ4v) is 3.90. The molecule has 1 heterocycles. The van der Waals surface area contributed by atoms with Crippen LogP contribution in [0.5, 0.6) is 5.75 Å². The molecule has 0 aliphatic carbocycles. The number of halogens is 1. The second-order valence-corrected chi connectivity index (χ2v) is 9.11. The van der Waals surface area contributed by atoms with Gasteiger partial charge in [-0.2, -0.15) is 0 Å². The minimum atomic E-state index is -0.637. The van der Waals surface area contributed by atoms with Crippen LogP contribution in [0.25, 0.3) is 0 Å². The standard InChI is InChI=1S/C27H22BrNO6/c1-17-2-4-19(5-3-17)27(33)35-23-12-6-18(7-13-23)24(30)16-34-26(32)20-14-25(31)29(15-20)22-10-8-21(28)9-11-22/h2-13,20H,14-16H2,1H3/t20-/m1/s1. The lowest BCUT2D eigenvalue weighted by atomic mass is 10.1. The zero-order chi connectivity index (χ0) is 24.9. The smallest absolute Gasteiger partial charge is 0.343 e. The Kier molecular flexibility index (Phi) is 7.41. The topological polar surface area (TPSA) is 90.0 Å². The average molecular weight is 536 g/mol. The molecule has 1 aliphatic heterocycles. The summed E-state index contributed by atoms with van der Waals surface area (Å²) in [5, 5.41) is 0. The van der Waals surface area contributed by atoms with E-state index in [1.807, 2.05) is 31.2 Å². The van der Waals surface area contributed by atoms with E-state index < -0.39 is 30.2 Å². The van der Waals surface area contributed by atoms with Gasteiger partial charge in [-0.3, -0.25) is 14.4 Å². The third kappa shape index (κ3) is 6.02. The van der Waals surface area contributed by atoms with Crippen molar-refractivity contribution in [1.29, 1.82) is 0 Å². The second-order valence-electron chi connectivity index (χ2n) is 8.19. The molecule has 1 saturated heterocycles. The van der Waals surface area contributed by atoms with Gasteiger partial charge in [0.25, 0.3) is 0 Å². The minimum Gasteiger partial charge on any atom is -0.457 e. The number of aryl methyl sites for hydroxylation is 1. The fourth-order valence-electron chi connectivity index (χ4n) is 3.64. The van der Waals surface area contributed by atoms with Crippen molar-refractivity contribution in [1.82, 2.24) is 0 Å². The second kappa shape index (κ2) is 10.7. The number of esters is 2. The van der Waals surface area contributed by atoms with Crippen LogP contribution in [0.4, 0.5) is 5.69 Å². The molecule has 178 valence electrons. The summed E-state index contributed by atoms with van der Waals surface area (Å²) in [5.74, 6) is -2.00. The lowest BCUT2D eigenvalue weighted by molar-refractivity contribution is -0.147. The molecule has 0 radical (unpaired) electrons. The number of carbonyl (C=O) groups excluding carboxylic acids is 4. The Morgan fingerprint density at radius 2 is 1.54 bits per heavy atom. The van der Waals surface area contributed by atoms with Gasteiger partial charge < -0.3 is 14.4 Å². The Labute approximate surface area is 210 Å². The summed E-state index contributed by atoms with van der Waals surface area (Å²) >= 11 is 3.35. The summed E-state index contributed by atoms with van der Waals surface area (Å²) in [6.07, 6.45) is 0.0319. The maximum Gasteiger partial charge on any atom is 0.343 e. The average Bonchev–Trinajstić information content (AvgIpc) is 3.25. The maximum absolute atomic E-state index is 12.5. The molecule has 0 aromatic heterocycles. The van der Waals surface area contributed by atoms with E-state index in [1.165, 1.54) is 29.2 Å². The van der Waals surface area contributed by atoms with E-state index in [0.717, 1.165) is 10.0 Å². The Morgan fingerprint density at radius 3 is 2.20 bits per heavy atom. The van der Waals surface area contributed by atoms with Gasteiger partial charge in [-0.1, -0.05) is 33.6 Å². The molecule has 0 bridgehead atoms. The van der Waals surface area contributed by atoms with E-state index in [1.54, 1.807) is 24.3 Å². The lowest BCUT2D eigenvalue weighted by Crippen LogP contribution is -2.27. The van der Waals surface area contributed by atoms with Gasteiger partial charge in [-0.25, -0.2) is 4.79 Å². The van der Waals surface area contributed by atoms with Crippen molar-refractivity contribution in [2.75, 3.05) is 18.1 Å². The van der Waals surface area contributed by atoms with Crippen LogP contribution in [0, 0.1) is 12.8 Å². The molecule has 3 aromatic carbocycles. The molecule has 3 aromatic rings. The molecule has 35 heavy (non-hydrogen) atoms. The van der Waals surface area contributed by atoms with Crippen molar-refractivity contribution in [3.05, 3.63) is 94.0 Å². The summed E-state index contributed by atoms with van der Waals surface area (Å²) in [7, 11) is 0. The summed E-state index contributed by atoms with van der Waals surface area (Å²) in [5.41, 5.74) is 2.47. The maximum atomic E-state index is 12.5. The number of amides is 1. The first-order chi connectivity index (χ1) is 16.8. The highest BCUT2D eigenvalue weighted by atomic mass is 79.9. The van der Waals surface area contributed by atoms with E-state index in [4.69, 9.17) is 9.47 Å². The van der Waals surface area contributed by atoms with Gasteiger partial charge in [0.2, 0.25) is 5.91 Å². The van der Waals surface area contributed by atoms with Crippen LogP contribution in [0.3, 0.4) is 0 Å². The third-order valence-corrected chi connectivity index (χ3v) is 6.14. The lowest BCUT2D eigenvalue weighted by Gasteiger charge is -2.16. The Balaban J connectivity index is 1.28. The largest absolute Gasteiger partial charge is 0.457 e. The molecule has 0 unspecified atom stereocenters. The molecule has 1 amide bonds. The molecule has 0 N–H and O–H groups in total. The molecular formula is C27H22BrNO6. The van der Waals surface area contributed by atoms with Crippen LogP contribution in [-0.4, -0.2) is 36.8 Å². The zero-order valence-corrected chi connectivity index (χ0v) is 20.5. The summed E-state index contributed by atoms with van der Waals surface area (Å²) in [4.78, 5) is 51.0.